The number of nitrogens with one attached hydrogen (secondary N) is 1. The number of fused-ring (bicyclic) bond motifs is 1. The van der Waals surface area contributed by atoms with E-state index >= 15 is 0 Å². The number of nitrogens with zero attached hydrogens (tertiary/aromatic N) is 1. The van der Waals surface area contributed by atoms with Gasteiger partial charge in [0.05, 0.1) is 0 Å². The van der Waals surface area contributed by atoms with Gasteiger partial charge in [0.25, 0.3) is 10.0 Å². The Morgan fingerprint density at radius 2 is 2.33 bits per heavy atom. The Kier molecular flexibility index (Phi) is 1.49. The van der Waals surface area contributed by atoms with Crippen LogP contribution in [0.3, 0.4) is 0 Å². The van der Waals surface area contributed by atoms with E-state index in [1.165, 1.54) is 17.7 Å². The molecule has 0 aliphatic carbocycles. The summed E-state index contributed by atoms with van der Waals surface area (Å²) in [5.41, 5.74) is 0.749. The first-order valence-corrected chi connectivity index (χ1v) is 5.57. The normalized spacial score (nSPS) is 18.4. The highest BCUT2D eigenvalue weighted by atomic mass is 32.2. The largest absolute Gasteiger partial charge is 0.336 e. The highest BCUT2D eigenvalue weighted by Gasteiger charge is 2.24. The van der Waals surface area contributed by atoms with E-state index in [0.717, 1.165) is 5.56 Å². The van der Waals surface area contributed by atoms with Crippen molar-refractivity contribution in [1.29, 1.82) is 0 Å². The molecule has 0 aromatic carbocycles. The Balaban J connectivity index is 2.79. The van der Waals surface area contributed by atoms with Gasteiger partial charge in [0.2, 0.25) is 0 Å². The predicted molar refractivity (Wildman–Crippen MR) is 48.4 cm³/mol. The minimum Gasteiger partial charge on any atom is -0.336 e. The lowest BCUT2D eigenvalue weighted by Gasteiger charge is -2.06. The lowest BCUT2D eigenvalue weighted by Crippen LogP contribution is -2.09. The molecule has 0 spiro atoms. The second-order valence-corrected chi connectivity index (χ2v) is 4.88. The number of hydrogen-bond donors (Lipinski definition) is 1. The topological polar surface area (TPSA) is 58.5 Å². The molecule has 1 aliphatic heterocycles. The van der Waals surface area contributed by atoms with Crippen molar-refractivity contribution in [2.24, 2.45) is 4.40 Å². The Hall–Kier alpha value is -0.880. The highest BCUT2D eigenvalue weighted by molar-refractivity contribution is 7.90. The van der Waals surface area contributed by atoms with Crippen molar-refractivity contribution >= 4 is 32.7 Å². The van der Waals surface area contributed by atoms with Crippen LogP contribution in [-0.4, -0.2) is 14.8 Å². The van der Waals surface area contributed by atoms with Crippen LogP contribution in [0.4, 0.5) is 5.00 Å². The van der Waals surface area contributed by atoms with E-state index in [9.17, 15) is 8.42 Å². The third-order valence-electron chi connectivity index (χ3n) is 1.56. The van der Waals surface area contributed by atoms with Gasteiger partial charge >= 0.3 is 0 Å². The van der Waals surface area contributed by atoms with Gasteiger partial charge in [-0.1, -0.05) is 0 Å². The molecule has 12 heavy (non-hydrogen) atoms. The van der Waals surface area contributed by atoms with E-state index in [0.29, 0.717) is 9.90 Å². The molecular formula is C6H6N2O2S2. The average Bonchev–Trinajstić information content (AvgIpc) is 2.32. The first kappa shape index (κ1) is 7.75. The van der Waals surface area contributed by atoms with Gasteiger partial charge in [-0.25, -0.2) is 0 Å². The average molecular weight is 202 g/mol. The zero-order valence-electron chi connectivity index (χ0n) is 6.23. The van der Waals surface area contributed by atoms with E-state index < -0.39 is 10.0 Å². The number of sulfonamides is 1. The summed E-state index contributed by atoms with van der Waals surface area (Å²) in [5.74, 6) is 0. The van der Waals surface area contributed by atoms with E-state index in [-0.39, 0.29) is 0 Å². The highest BCUT2D eigenvalue weighted by Crippen LogP contribution is 2.34. The Labute approximate surface area is 74.0 Å². The second kappa shape index (κ2) is 2.30. The molecule has 0 atom stereocenters. The summed E-state index contributed by atoms with van der Waals surface area (Å²) in [6, 6.07) is 0. The van der Waals surface area contributed by atoms with Crippen LogP contribution >= 0.6 is 11.3 Å². The van der Waals surface area contributed by atoms with Crippen molar-refractivity contribution in [3.05, 3.63) is 10.9 Å². The summed E-state index contributed by atoms with van der Waals surface area (Å²) in [4.78, 5) is 0.315. The molecule has 0 bridgehead atoms. The summed E-state index contributed by atoms with van der Waals surface area (Å²) in [6.07, 6.45) is 1.20. The Bertz CT molecular complexity index is 444. The van der Waals surface area contributed by atoms with Crippen LogP contribution in [0.2, 0.25) is 0 Å². The monoisotopic (exact) mass is 202 g/mol. The minimum atomic E-state index is -3.41. The van der Waals surface area contributed by atoms with E-state index in [4.69, 9.17) is 0 Å². The van der Waals surface area contributed by atoms with Gasteiger partial charge in [-0.2, -0.15) is 8.42 Å². The lowest BCUT2D eigenvalue weighted by molar-refractivity contribution is 0.598. The molecular weight excluding hydrogens is 196 g/mol. The summed E-state index contributed by atoms with van der Waals surface area (Å²) in [7, 11) is -3.41. The maximum atomic E-state index is 11.3. The van der Waals surface area contributed by atoms with Crippen LogP contribution in [-0.2, 0) is 10.0 Å². The molecule has 0 saturated heterocycles. The molecule has 0 radical (unpaired) electrons. The van der Waals surface area contributed by atoms with Crippen LogP contribution in [0.5, 0.6) is 0 Å². The standard InChI is InChI=1S/C6H6N2O2S2/c1-4-2-11-6-5(4)12(9,10)8-3-7-6/h2-3H,1H3,(H,7,8). The van der Waals surface area contributed by atoms with Crippen LogP contribution in [0.25, 0.3) is 0 Å². The fraction of sp³-hybridized carbons (Fsp3) is 0.167. The van der Waals surface area contributed by atoms with Gasteiger partial charge in [0.1, 0.15) is 16.2 Å². The van der Waals surface area contributed by atoms with Crippen LogP contribution in [0, 0.1) is 6.92 Å². The third-order valence-corrected chi connectivity index (χ3v) is 4.15. The molecule has 1 aromatic rings. The zero-order valence-corrected chi connectivity index (χ0v) is 7.87. The van der Waals surface area contributed by atoms with Crippen molar-refractivity contribution in [2.45, 2.75) is 11.8 Å². The number of anilines is 1. The lowest BCUT2D eigenvalue weighted by atomic mass is 10.4. The van der Waals surface area contributed by atoms with E-state index in [1.54, 1.807) is 12.3 Å². The van der Waals surface area contributed by atoms with Crippen molar-refractivity contribution in [2.75, 3.05) is 5.32 Å². The van der Waals surface area contributed by atoms with Gasteiger partial charge in [-0.15, -0.1) is 15.7 Å². The summed E-state index contributed by atoms with van der Waals surface area (Å²) in [6.45, 7) is 1.76. The van der Waals surface area contributed by atoms with Gasteiger partial charge in [-0.05, 0) is 17.9 Å². The molecule has 1 aliphatic rings. The predicted octanol–water partition coefficient (Wildman–Crippen LogP) is 1.20. The zero-order chi connectivity index (χ0) is 8.77. The molecule has 1 aromatic heterocycles. The molecule has 2 heterocycles. The van der Waals surface area contributed by atoms with Gasteiger partial charge in [-0.3, -0.25) is 0 Å². The van der Waals surface area contributed by atoms with Gasteiger partial charge < -0.3 is 5.32 Å². The third kappa shape index (κ3) is 0.953. The summed E-state index contributed by atoms with van der Waals surface area (Å²) < 4.78 is 26.0. The number of aryl methyl sites for hydroxylation is 1. The van der Waals surface area contributed by atoms with Crippen molar-refractivity contribution in [3.63, 3.8) is 0 Å². The molecule has 1 N–H and O–H groups in total. The van der Waals surface area contributed by atoms with Crippen LogP contribution < -0.4 is 5.32 Å². The van der Waals surface area contributed by atoms with Gasteiger partial charge in [0.15, 0.2) is 0 Å². The van der Waals surface area contributed by atoms with Crippen LogP contribution in [0.1, 0.15) is 5.56 Å². The van der Waals surface area contributed by atoms with Crippen LogP contribution in [0.15, 0.2) is 14.7 Å². The van der Waals surface area contributed by atoms with E-state index in [1.807, 2.05) is 0 Å². The smallest absolute Gasteiger partial charge is 0.286 e. The summed E-state index contributed by atoms with van der Waals surface area (Å²) >= 11 is 1.37. The Morgan fingerprint density at radius 3 is 3.00 bits per heavy atom. The molecule has 0 saturated carbocycles. The SMILES string of the molecule is Cc1csc2c1S(=O)(=O)N=CN2. The number of rotatable bonds is 0. The Morgan fingerprint density at radius 1 is 1.58 bits per heavy atom. The molecule has 6 heteroatoms. The molecule has 0 fully saturated rings. The molecule has 0 amide bonds. The molecule has 64 valence electrons. The van der Waals surface area contributed by atoms with Crippen molar-refractivity contribution in [3.8, 4) is 0 Å². The fourth-order valence-electron chi connectivity index (χ4n) is 1.06. The van der Waals surface area contributed by atoms with Crippen molar-refractivity contribution in [1.82, 2.24) is 0 Å². The maximum Gasteiger partial charge on any atom is 0.286 e. The van der Waals surface area contributed by atoms with Gasteiger partial charge in [0, 0.05) is 0 Å². The minimum absolute atomic E-state index is 0.315. The van der Waals surface area contributed by atoms with E-state index in [2.05, 4.69) is 9.71 Å². The second-order valence-electron chi connectivity index (χ2n) is 2.43. The van der Waals surface area contributed by atoms with Crippen molar-refractivity contribution < 1.29 is 8.42 Å². The first-order valence-electron chi connectivity index (χ1n) is 3.25. The molecule has 4 nitrogen and oxygen atoms in total. The quantitative estimate of drug-likeness (QED) is 0.687. The molecule has 0 unspecified atom stereocenters. The first-order chi connectivity index (χ1) is 5.61. The summed E-state index contributed by atoms with van der Waals surface area (Å²) in [5, 5.41) is 5.24. The maximum absolute atomic E-state index is 11.3. The number of thiophene rings is 1. The fourth-order valence-corrected chi connectivity index (χ4v) is 3.45. The molecule has 2 rings (SSSR count). The number of hydrogen-bond acceptors (Lipinski definition) is 4.